The van der Waals surface area contributed by atoms with Gasteiger partial charge >= 0.3 is 5.97 Å². The normalized spacial score (nSPS) is 17.2. The molecule has 1 fully saturated rings. The molecule has 0 saturated carbocycles. The van der Waals surface area contributed by atoms with Gasteiger partial charge in [0, 0.05) is 29.4 Å². The topological polar surface area (TPSA) is 104 Å². The molecule has 2 aromatic rings. The summed E-state index contributed by atoms with van der Waals surface area (Å²) in [5.41, 5.74) is 1.38. The standard InChI is InChI=1S/C24H26N2O5S2/c1-16(13-33-24(31)18-10-6-3-7-11-18)22(28)26-15-32-14-20(26)21(27)25-19(23(29)30)12-17-8-4-2-5-9-17/h2-11,16,19-20H,12-15H2,1H3,(H,25,27)(H,29,30)/t16?,19-,20?/m0/s1. The van der Waals surface area contributed by atoms with Crippen LogP contribution in [0.5, 0.6) is 0 Å². The van der Waals surface area contributed by atoms with Crippen LogP contribution in [0.3, 0.4) is 0 Å². The van der Waals surface area contributed by atoms with Crippen molar-refractivity contribution in [3.63, 3.8) is 0 Å². The highest BCUT2D eigenvalue weighted by molar-refractivity contribution is 8.14. The van der Waals surface area contributed by atoms with Crippen LogP contribution in [0.15, 0.2) is 60.7 Å². The zero-order chi connectivity index (χ0) is 23.8. The quantitative estimate of drug-likeness (QED) is 0.562. The van der Waals surface area contributed by atoms with Gasteiger partial charge in [0.15, 0.2) is 0 Å². The SMILES string of the molecule is CC(CSC(=O)c1ccccc1)C(=O)N1CSCC1C(=O)N[C@@H](Cc1ccccc1)C(=O)O. The van der Waals surface area contributed by atoms with Crippen molar-refractivity contribution in [2.75, 3.05) is 17.4 Å². The van der Waals surface area contributed by atoms with E-state index in [0.29, 0.717) is 22.9 Å². The highest BCUT2D eigenvalue weighted by Crippen LogP contribution is 2.25. The summed E-state index contributed by atoms with van der Waals surface area (Å²) in [6.07, 6.45) is 0.157. The lowest BCUT2D eigenvalue weighted by Gasteiger charge is -2.27. The predicted octanol–water partition coefficient (Wildman–Crippen LogP) is 2.91. The third-order valence-corrected chi connectivity index (χ3v) is 7.44. The molecule has 1 saturated heterocycles. The Bertz CT molecular complexity index is 987. The van der Waals surface area contributed by atoms with Crippen molar-refractivity contribution in [2.24, 2.45) is 5.92 Å². The number of nitrogens with zero attached hydrogens (tertiary/aromatic N) is 1. The zero-order valence-electron chi connectivity index (χ0n) is 18.2. The van der Waals surface area contributed by atoms with Crippen LogP contribution in [-0.4, -0.2) is 62.4 Å². The van der Waals surface area contributed by atoms with E-state index in [0.717, 1.165) is 17.3 Å². The minimum Gasteiger partial charge on any atom is -0.480 e. The van der Waals surface area contributed by atoms with Gasteiger partial charge in [0.2, 0.25) is 16.9 Å². The molecule has 3 atom stereocenters. The Morgan fingerprint density at radius 3 is 2.36 bits per heavy atom. The molecule has 0 aromatic heterocycles. The lowest BCUT2D eigenvalue weighted by atomic mass is 10.1. The van der Waals surface area contributed by atoms with E-state index in [9.17, 15) is 24.3 Å². The minimum atomic E-state index is -1.13. The molecule has 7 nitrogen and oxygen atoms in total. The molecule has 2 unspecified atom stereocenters. The van der Waals surface area contributed by atoms with Crippen molar-refractivity contribution < 1.29 is 24.3 Å². The summed E-state index contributed by atoms with van der Waals surface area (Å²) in [4.78, 5) is 51.4. The van der Waals surface area contributed by atoms with E-state index >= 15 is 0 Å². The highest BCUT2D eigenvalue weighted by atomic mass is 32.2. The lowest BCUT2D eigenvalue weighted by molar-refractivity contribution is -0.144. The maximum atomic E-state index is 13.0. The first-order chi connectivity index (χ1) is 15.9. The number of hydrogen-bond acceptors (Lipinski definition) is 6. The van der Waals surface area contributed by atoms with Crippen LogP contribution < -0.4 is 5.32 Å². The van der Waals surface area contributed by atoms with Crippen LogP contribution in [0.1, 0.15) is 22.8 Å². The van der Waals surface area contributed by atoms with Crippen LogP contribution in [-0.2, 0) is 20.8 Å². The van der Waals surface area contributed by atoms with Crippen molar-refractivity contribution in [3.8, 4) is 0 Å². The van der Waals surface area contributed by atoms with E-state index in [-0.39, 0.29) is 17.4 Å². The maximum Gasteiger partial charge on any atom is 0.326 e. The van der Waals surface area contributed by atoms with Crippen LogP contribution in [0, 0.1) is 5.92 Å². The van der Waals surface area contributed by atoms with Gasteiger partial charge in [-0.15, -0.1) is 11.8 Å². The molecular formula is C24H26N2O5S2. The van der Waals surface area contributed by atoms with Crippen molar-refractivity contribution >= 4 is 46.4 Å². The van der Waals surface area contributed by atoms with Crippen molar-refractivity contribution in [3.05, 3.63) is 71.8 Å². The van der Waals surface area contributed by atoms with Gasteiger partial charge < -0.3 is 15.3 Å². The Morgan fingerprint density at radius 2 is 1.73 bits per heavy atom. The van der Waals surface area contributed by atoms with Crippen LogP contribution >= 0.6 is 23.5 Å². The molecule has 0 aliphatic carbocycles. The first-order valence-electron chi connectivity index (χ1n) is 10.5. The number of carboxylic acid groups (broad SMARTS) is 1. The van der Waals surface area contributed by atoms with E-state index in [2.05, 4.69) is 5.32 Å². The molecular weight excluding hydrogens is 460 g/mol. The third kappa shape index (κ3) is 6.85. The molecule has 1 aliphatic rings. The number of carbonyl (C=O) groups excluding carboxylic acids is 3. The molecule has 0 radical (unpaired) electrons. The van der Waals surface area contributed by atoms with E-state index < -0.39 is 29.9 Å². The Labute approximate surface area is 201 Å². The molecule has 2 aromatic carbocycles. The van der Waals surface area contributed by atoms with Gasteiger partial charge in [-0.05, 0) is 5.56 Å². The summed E-state index contributed by atoms with van der Waals surface area (Å²) in [5, 5.41) is 12.1. The lowest BCUT2D eigenvalue weighted by Crippen LogP contribution is -2.53. The number of carbonyl (C=O) groups is 4. The number of thioether (sulfide) groups is 2. The summed E-state index contributed by atoms with van der Waals surface area (Å²) < 4.78 is 0. The smallest absolute Gasteiger partial charge is 0.326 e. The van der Waals surface area contributed by atoms with Crippen molar-refractivity contribution in [2.45, 2.75) is 25.4 Å². The average Bonchev–Trinajstić information content (AvgIpc) is 3.32. The maximum absolute atomic E-state index is 13.0. The molecule has 33 heavy (non-hydrogen) atoms. The summed E-state index contributed by atoms with van der Waals surface area (Å²) >= 11 is 2.53. The van der Waals surface area contributed by atoms with Crippen molar-refractivity contribution in [1.29, 1.82) is 0 Å². The molecule has 3 rings (SSSR count). The summed E-state index contributed by atoms with van der Waals surface area (Å²) in [7, 11) is 0. The second kappa shape index (κ2) is 11.9. The fraction of sp³-hybridized carbons (Fsp3) is 0.333. The molecule has 0 bridgehead atoms. The monoisotopic (exact) mass is 486 g/mol. The Balaban J connectivity index is 1.57. The Morgan fingerprint density at radius 1 is 1.09 bits per heavy atom. The number of amides is 2. The van der Waals surface area contributed by atoms with Crippen LogP contribution in [0.2, 0.25) is 0 Å². The molecule has 174 valence electrons. The van der Waals surface area contributed by atoms with E-state index in [1.165, 1.54) is 16.7 Å². The number of hydrogen-bond donors (Lipinski definition) is 2. The molecule has 2 amide bonds. The second-order valence-electron chi connectivity index (χ2n) is 7.78. The second-order valence-corrected chi connectivity index (χ2v) is 9.77. The molecule has 2 N–H and O–H groups in total. The highest BCUT2D eigenvalue weighted by Gasteiger charge is 2.38. The zero-order valence-corrected chi connectivity index (χ0v) is 19.8. The Kier molecular flexibility index (Phi) is 8.96. The molecule has 0 spiro atoms. The van der Waals surface area contributed by atoms with Gasteiger partial charge in [-0.25, -0.2) is 4.79 Å². The van der Waals surface area contributed by atoms with Crippen LogP contribution in [0.25, 0.3) is 0 Å². The molecule has 9 heteroatoms. The van der Waals surface area contributed by atoms with Gasteiger partial charge in [0.25, 0.3) is 0 Å². The number of rotatable bonds is 9. The van der Waals surface area contributed by atoms with E-state index in [4.69, 9.17) is 0 Å². The number of benzene rings is 2. The third-order valence-electron chi connectivity index (χ3n) is 5.26. The molecule has 1 aliphatic heterocycles. The van der Waals surface area contributed by atoms with Gasteiger partial charge in [-0.3, -0.25) is 14.4 Å². The van der Waals surface area contributed by atoms with E-state index in [1.54, 1.807) is 43.3 Å². The van der Waals surface area contributed by atoms with Gasteiger partial charge in [0.1, 0.15) is 12.1 Å². The number of aliphatic carboxylic acids is 1. The first kappa shape index (κ1) is 24.9. The summed E-state index contributed by atoms with van der Waals surface area (Å²) in [5.74, 6) is -1.22. The van der Waals surface area contributed by atoms with Crippen LogP contribution in [0.4, 0.5) is 0 Å². The number of carboxylic acids is 1. The largest absolute Gasteiger partial charge is 0.480 e. The van der Waals surface area contributed by atoms with Gasteiger partial charge in [-0.1, -0.05) is 79.3 Å². The Hall–Kier alpha value is -2.78. The fourth-order valence-electron chi connectivity index (χ4n) is 3.41. The first-order valence-corrected chi connectivity index (χ1v) is 12.7. The molecule has 1 heterocycles. The summed E-state index contributed by atoms with van der Waals surface area (Å²) in [6, 6.07) is 16.1. The average molecular weight is 487 g/mol. The predicted molar refractivity (Wildman–Crippen MR) is 130 cm³/mol. The van der Waals surface area contributed by atoms with Crippen molar-refractivity contribution in [1.82, 2.24) is 10.2 Å². The minimum absolute atomic E-state index is 0.106. The van der Waals surface area contributed by atoms with E-state index in [1.807, 2.05) is 24.3 Å². The fourth-order valence-corrected chi connectivity index (χ4v) is 5.42. The summed E-state index contributed by atoms with van der Waals surface area (Å²) in [6.45, 7) is 1.74. The van der Waals surface area contributed by atoms with Gasteiger partial charge in [-0.2, -0.15) is 0 Å². The number of nitrogens with one attached hydrogen (secondary N) is 1. The van der Waals surface area contributed by atoms with Gasteiger partial charge in [0.05, 0.1) is 5.88 Å².